The molecule has 0 bridgehead atoms. The number of ether oxygens (including phenoxy) is 1. The monoisotopic (exact) mass is 465 g/mol. The quantitative estimate of drug-likeness (QED) is 0.459. The fourth-order valence-electron chi connectivity index (χ4n) is 3.90. The maximum atomic E-state index is 13.4. The van der Waals surface area contributed by atoms with Gasteiger partial charge in [-0.25, -0.2) is 0 Å². The van der Waals surface area contributed by atoms with Gasteiger partial charge in [-0.15, -0.1) is 0 Å². The lowest BCUT2D eigenvalue weighted by Crippen LogP contribution is -2.21. The van der Waals surface area contributed by atoms with E-state index in [1.54, 1.807) is 13.8 Å². The number of fused-ring (bicyclic) bond motifs is 1. The number of benzene rings is 2. The van der Waals surface area contributed by atoms with Gasteiger partial charge in [0.1, 0.15) is 11.5 Å². The van der Waals surface area contributed by atoms with E-state index < -0.39 is 24.4 Å². The van der Waals surface area contributed by atoms with Crippen LogP contribution in [0.15, 0.2) is 36.4 Å². The molecule has 6 nitrogen and oxygen atoms in total. The summed E-state index contributed by atoms with van der Waals surface area (Å²) in [5.41, 5.74) is 1.33. The van der Waals surface area contributed by atoms with Crippen LogP contribution in [0.5, 0.6) is 11.5 Å². The Labute approximate surface area is 188 Å². The van der Waals surface area contributed by atoms with Gasteiger partial charge in [0.25, 0.3) is 5.91 Å². The van der Waals surface area contributed by atoms with Gasteiger partial charge in [0.05, 0.1) is 16.5 Å². The van der Waals surface area contributed by atoms with Crippen LogP contribution in [0, 0.1) is 12.8 Å². The van der Waals surface area contributed by atoms with Crippen molar-refractivity contribution in [2.45, 2.75) is 39.7 Å². The van der Waals surface area contributed by atoms with Gasteiger partial charge in [0.2, 0.25) is 0 Å². The van der Waals surface area contributed by atoms with Crippen LogP contribution in [-0.4, -0.2) is 33.3 Å². The summed E-state index contributed by atoms with van der Waals surface area (Å²) >= 11 is 6.09. The molecule has 1 heterocycles. The van der Waals surface area contributed by atoms with E-state index in [4.69, 9.17) is 11.6 Å². The molecule has 0 fully saturated rings. The lowest BCUT2D eigenvalue weighted by Gasteiger charge is -2.20. The summed E-state index contributed by atoms with van der Waals surface area (Å²) in [5, 5.41) is 20.5. The molecule has 170 valence electrons. The normalized spacial score (nSPS) is 13.3. The third-order valence-corrected chi connectivity index (χ3v) is 5.94. The van der Waals surface area contributed by atoms with E-state index in [1.807, 2.05) is 6.92 Å². The smallest absolute Gasteiger partial charge is 0.387 e. The first-order valence-corrected chi connectivity index (χ1v) is 10.3. The summed E-state index contributed by atoms with van der Waals surface area (Å²) in [6.07, 6.45) is 0.586. The van der Waals surface area contributed by atoms with Gasteiger partial charge in [0, 0.05) is 16.6 Å². The number of alkyl halides is 2. The number of hydrogen-bond acceptors (Lipinski definition) is 4. The molecule has 3 rings (SSSR count). The van der Waals surface area contributed by atoms with Crippen molar-refractivity contribution in [3.8, 4) is 11.5 Å². The van der Waals surface area contributed by atoms with Crippen LogP contribution in [0.3, 0.4) is 0 Å². The SMILES string of the molecule is CCC(C)[C@H](C(=O)O)c1c(C)n(C(=O)c2ccc(OC(F)F)cc2)c2cc(Cl)c(O)cc12. The first-order chi connectivity index (χ1) is 15.1. The fourth-order valence-corrected chi connectivity index (χ4v) is 4.06. The number of carboxylic acid groups (broad SMARTS) is 1. The zero-order valence-corrected chi connectivity index (χ0v) is 18.4. The minimum Gasteiger partial charge on any atom is -0.506 e. The minimum atomic E-state index is -2.99. The Hall–Kier alpha value is -3.13. The number of phenols is 1. The zero-order valence-electron chi connectivity index (χ0n) is 17.6. The fraction of sp³-hybridized carbons (Fsp3) is 0.304. The zero-order chi connectivity index (χ0) is 23.7. The van der Waals surface area contributed by atoms with Gasteiger partial charge >= 0.3 is 12.6 Å². The number of aliphatic carboxylic acids is 1. The lowest BCUT2D eigenvalue weighted by atomic mass is 9.84. The second kappa shape index (κ2) is 9.16. The van der Waals surface area contributed by atoms with Crippen molar-refractivity contribution in [3.05, 3.63) is 58.2 Å². The predicted octanol–water partition coefficient (Wildman–Crippen LogP) is 5.81. The highest BCUT2D eigenvalue weighted by Crippen LogP contribution is 2.41. The van der Waals surface area contributed by atoms with Crippen molar-refractivity contribution in [1.29, 1.82) is 0 Å². The third kappa shape index (κ3) is 4.27. The molecule has 0 radical (unpaired) electrons. The molecule has 32 heavy (non-hydrogen) atoms. The van der Waals surface area contributed by atoms with Crippen LogP contribution in [0.1, 0.15) is 47.8 Å². The molecule has 2 N–H and O–H groups in total. The Morgan fingerprint density at radius 1 is 1.19 bits per heavy atom. The van der Waals surface area contributed by atoms with Gasteiger partial charge in [-0.1, -0.05) is 31.9 Å². The van der Waals surface area contributed by atoms with E-state index >= 15 is 0 Å². The summed E-state index contributed by atoms with van der Waals surface area (Å²) in [6.45, 7) is 2.32. The molecule has 9 heteroatoms. The molecule has 1 unspecified atom stereocenters. The largest absolute Gasteiger partial charge is 0.506 e. The predicted molar refractivity (Wildman–Crippen MR) is 116 cm³/mol. The first-order valence-electron chi connectivity index (χ1n) is 9.92. The Balaban J connectivity index is 2.23. The van der Waals surface area contributed by atoms with Crippen molar-refractivity contribution in [2.24, 2.45) is 5.92 Å². The second-order valence-corrected chi connectivity index (χ2v) is 7.97. The molecule has 0 saturated heterocycles. The van der Waals surface area contributed by atoms with E-state index in [9.17, 15) is 28.6 Å². The number of carbonyl (C=O) groups excluding carboxylic acids is 1. The number of nitrogens with zero attached hydrogens (tertiary/aromatic N) is 1. The van der Waals surface area contributed by atoms with E-state index in [0.717, 1.165) is 0 Å². The topological polar surface area (TPSA) is 88.8 Å². The molecule has 1 aromatic heterocycles. The van der Waals surface area contributed by atoms with Gasteiger partial charge in [0.15, 0.2) is 0 Å². The molecule has 2 aromatic carbocycles. The summed E-state index contributed by atoms with van der Waals surface area (Å²) < 4.78 is 30.5. The first kappa shape index (κ1) is 23.5. The van der Waals surface area contributed by atoms with Crippen LogP contribution in [0.25, 0.3) is 10.9 Å². The van der Waals surface area contributed by atoms with E-state index in [-0.39, 0.29) is 28.0 Å². The van der Waals surface area contributed by atoms with Gasteiger partial charge < -0.3 is 14.9 Å². The number of rotatable bonds is 7. The number of phenolic OH excluding ortho intramolecular Hbond substituents is 1. The molecule has 0 aliphatic rings. The highest BCUT2D eigenvalue weighted by atomic mass is 35.5. The number of aromatic nitrogens is 1. The number of halogens is 3. The number of carbonyl (C=O) groups is 2. The van der Waals surface area contributed by atoms with Gasteiger partial charge in [-0.2, -0.15) is 8.78 Å². The lowest BCUT2D eigenvalue weighted by molar-refractivity contribution is -0.140. The van der Waals surface area contributed by atoms with Crippen molar-refractivity contribution in [2.75, 3.05) is 0 Å². The molecular formula is C23H22ClF2NO5. The van der Waals surface area contributed by atoms with Crippen LogP contribution in [0.4, 0.5) is 8.78 Å². The molecule has 3 aromatic rings. The van der Waals surface area contributed by atoms with Crippen LogP contribution >= 0.6 is 11.6 Å². The molecule has 0 aliphatic carbocycles. The van der Waals surface area contributed by atoms with Crippen LogP contribution in [0.2, 0.25) is 5.02 Å². The van der Waals surface area contributed by atoms with Crippen LogP contribution in [-0.2, 0) is 4.79 Å². The average molecular weight is 466 g/mol. The molecule has 0 spiro atoms. The van der Waals surface area contributed by atoms with E-state index in [2.05, 4.69) is 4.74 Å². The summed E-state index contributed by atoms with van der Waals surface area (Å²) in [5.74, 6) is -3.04. The van der Waals surface area contributed by atoms with Crippen molar-refractivity contribution < 1.29 is 33.3 Å². The highest BCUT2D eigenvalue weighted by molar-refractivity contribution is 6.33. The molecule has 0 saturated carbocycles. The maximum absolute atomic E-state index is 13.4. The summed E-state index contributed by atoms with van der Waals surface area (Å²) in [7, 11) is 0. The summed E-state index contributed by atoms with van der Waals surface area (Å²) in [6, 6.07) is 7.96. The maximum Gasteiger partial charge on any atom is 0.387 e. The van der Waals surface area contributed by atoms with Gasteiger partial charge in [-0.05, 0) is 54.8 Å². The number of carboxylic acids is 1. The molecule has 0 amide bonds. The molecule has 2 atom stereocenters. The number of hydrogen-bond donors (Lipinski definition) is 2. The standard InChI is InChI=1S/C23H22ClF2NO5/c1-4-11(2)19(22(30)31)20-12(3)27(17-10-16(24)18(28)9-15(17)20)21(29)13-5-7-14(8-6-13)32-23(25)26/h5-11,19,23,28H,4H2,1-3H3,(H,30,31)/t11?,19-/m0/s1. The molecular weight excluding hydrogens is 444 g/mol. The Morgan fingerprint density at radius 2 is 1.81 bits per heavy atom. The Kier molecular flexibility index (Phi) is 6.74. The van der Waals surface area contributed by atoms with Crippen molar-refractivity contribution in [1.82, 2.24) is 4.57 Å². The Bertz CT molecular complexity index is 1170. The van der Waals surface area contributed by atoms with Crippen molar-refractivity contribution >= 4 is 34.4 Å². The summed E-state index contributed by atoms with van der Waals surface area (Å²) in [4.78, 5) is 25.5. The van der Waals surface area contributed by atoms with Crippen LogP contribution < -0.4 is 4.74 Å². The van der Waals surface area contributed by atoms with E-state index in [1.165, 1.54) is 41.0 Å². The van der Waals surface area contributed by atoms with Crippen molar-refractivity contribution in [3.63, 3.8) is 0 Å². The third-order valence-electron chi connectivity index (χ3n) is 5.64. The highest BCUT2D eigenvalue weighted by Gasteiger charge is 2.33. The number of aromatic hydroxyl groups is 1. The van der Waals surface area contributed by atoms with E-state index in [0.29, 0.717) is 28.6 Å². The Morgan fingerprint density at radius 3 is 2.34 bits per heavy atom. The average Bonchev–Trinajstić information content (AvgIpc) is 2.99. The van der Waals surface area contributed by atoms with Gasteiger partial charge in [-0.3, -0.25) is 14.2 Å². The second-order valence-electron chi connectivity index (χ2n) is 7.56. The minimum absolute atomic E-state index is 0.00620. The molecule has 0 aliphatic heterocycles.